The maximum Gasteiger partial charge on any atom is 0.287 e. The average Bonchev–Trinajstić information content (AvgIpc) is 2.63. The third kappa shape index (κ3) is 6.42. The molecule has 1 amide bonds. The van der Waals surface area contributed by atoms with Crippen LogP contribution >= 0.6 is 11.6 Å². The molecule has 0 saturated heterocycles. The van der Waals surface area contributed by atoms with Crippen LogP contribution in [0.4, 0.5) is 4.39 Å². The van der Waals surface area contributed by atoms with Crippen LogP contribution in [0.1, 0.15) is 16.7 Å². The maximum atomic E-state index is 13.4. The van der Waals surface area contributed by atoms with Gasteiger partial charge in [-0.2, -0.15) is 0 Å². The normalized spacial score (nSPS) is 11.2. The maximum absolute atomic E-state index is 13.4. The van der Waals surface area contributed by atoms with Crippen molar-refractivity contribution < 1.29 is 22.4 Å². The Morgan fingerprint density at radius 2 is 1.63 bits per heavy atom. The number of benzene rings is 2. The highest BCUT2D eigenvalue weighted by Crippen LogP contribution is 2.16. The molecule has 144 valence electrons. The number of sulfonamides is 1. The largest absolute Gasteiger partial charge is 0.345 e. The summed E-state index contributed by atoms with van der Waals surface area (Å²) in [6.45, 7) is 0.110. The van der Waals surface area contributed by atoms with Crippen LogP contribution in [-0.2, 0) is 38.3 Å². The quantitative estimate of drug-likeness (QED) is 0.648. The molecule has 2 aromatic carbocycles. The van der Waals surface area contributed by atoms with Gasteiger partial charge in [-0.3, -0.25) is 9.59 Å². The fourth-order valence-electron chi connectivity index (χ4n) is 2.24. The smallest absolute Gasteiger partial charge is 0.287 e. The lowest BCUT2D eigenvalue weighted by molar-refractivity contribution is -0.137. The molecule has 0 radical (unpaired) electrons. The number of hydrogen-bond acceptors (Lipinski definition) is 4. The van der Waals surface area contributed by atoms with Gasteiger partial charge < -0.3 is 5.32 Å². The van der Waals surface area contributed by atoms with Crippen molar-refractivity contribution >= 4 is 33.3 Å². The highest BCUT2D eigenvalue weighted by Gasteiger charge is 2.15. The van der Waals surface area contributed by atoms with Gasteiger partial charge in [0.25, 0.3) is 5.91 Å². The topological polar surface area (TPSA) is 92.3 Å². The molecule has 0 heterocycles. The van der Waals surface area contributed by atoms with Gasteiger partial charge in [-0.25, -0.2) is 17.5 Å². The lowest BCUT2D eigenvalue weighted by atomic mass is 10.1. The summed E-state index contributed by atoms with van der Waals surface area (Å²) in [4.78, 5) is 23.8. The lowest BCUT2D eigenvalue weighted by Crippen LogP contribution is -2.31. The van der Waals surface area contributed by atoms with Crippen molar-refractivity contribution in [1.29, 1.82) is 0 Å². The molecular formula is C18H18ClFN2O4S. The molecule has 6 nitrogen and oxygen atoms in total. The number of Topliss-reactive ketones (excluding diaryl/α,β-unsaturated/α-hetero) is 1. The Bertz CT molecular complexity index is 946. The Kier molecular flexibility index (Phi) is 7.06. The summed E-state index contributed by atoms with van der Waals surface area (Å²) in [6, 6.07) is 10.5. The molecule has 0 aromatic heterocycles. The van der Waals surface area contributed by atoms with E-state index in [1.54, 1.807) is 24.3 Å². The molecule has 27 heavy (non-hydrogen) atoms. The number of halogens is 2. The van der Waals surface area contributed by atoms with E-state index >= 15 is 0 Å². The Labute approximate surface area is 161 Å². The number of nitrogens with one attached hydrogen (secondary N) is 2. The van der Waals surface area contributed by atoms with Crippen LogP contribution in [0.5, 0.6) is 0 Å². The van der Waals surface area contributed by atoms with Gasteiger partial charge >= 0.3 is 0 Å². The first-order valence-corrected chi connectivity index (χ1v) is 9.97. The van der Waals surface area contributed by atoms with Gasteiger partial charge in [0.05, 0.1) is 10.8 Å². The van der Waals surface area contributed by atoms with Gasteiger partial charge in [-0.05, 0) is 35.9 Å². The average molecular weight is 413 g/mol. The van der Waals surface area contributed by atoms with Crippen LogP contribution in [0.25, 0.3) is 0 Å². The van der Waals surface area contributed by atoms with Crippen molar-refractivity contribution in [2.45, 2.75) is 18.7 Å². The monoisotopic (exact) mass is 412 g/mol. The molecule has 0 aliphatic heterocycles. The first-order chi connectivity index (χ1) is 12.7. The molecule has 0 unspecified atom stereocenters. The van der Waals surface area contributed by atoms with Crippen molar-refractivity contribution in [1.82, 2.24) is 10.0 Å². The number of carbonyl (C=O) groups excluding carboxylic acids is 2. The van der Waals surface area contributed by atoms with Gasteiger partial charge in [0.15, 0.2) is 0 Å². The van der Waals surface area contributed by atoms with E-state index in [1.807, 2.05) is 0 Å². The summed E-state index contributed by atoms with van der Waals surface area (Å²) in [6.07, 6.45) is -0.235. The SMILES string of the molecule is CNS(=O)(=O)Cc1ccc(CNC(=O)C(=O)Cc2ccc(Cl)c(F)c2)cc1. The van der Waals surface area contributed by atoms with Crippen molar-refractivity contribution in [2.75, 3.05) is 7.05 Å². The van der Waals surface area contributed by atoms with Crippen LogP contribution in [-0.4, -0.2) is 27.2 Å². The minimum Gasteiger partial charge on any atom is -0.345 e. The molecule has 0 bridgehead atoms. The fraction of sp³-hybridized carbons (Fsp3) is 0.222. The number of ketones is 1. The highest BCUT2D eigenvalue weighted by molar-refractivity contribution is 7.88. The summed E-state index contributed by atoms with van der Waals surface area (Å²) in [5.74, 6) is -2.28. The van der Waals surface area contributed by atoms with E-state index in [0.717, 1.165) is 6.07 Å². The second kappa shape index (κ2) is 9.07. The number of hydrogen-bond donors (Lipinski definition) is 2. The first kappa shape index (κ1) is 21.0. The molecule has 0 aliphatic carbocycles. The predicted molar refractivity (Wildman–Crippen MR) is 100 cm³/mol. The molecule has 0 spiro atoms. The van der Waals surface area contributed by atoms with Gasteiger partial charge in [0, 0.05) is 13.0 Å². The highest BCUT2D eigenvalue weighted by atomic mass is 35.5. The van der Waals surface area contributed by atoms with Gasteiger partial charge in [0.1, 0.15) is 5.82 Å². The lowest BCUT2D eigenvalue weighted by Gasteiger charge is -2.07. The summed E-state index contributed by atoms with van der Waals surface area (Å²) in [7, 11) is -2.02. The number of amides is 1. The standard InChI is InChI=1S/C18H18ClFN2O4S/c1-21-27(25,26)11-13-4-2-12(3-5-13)10-22-18(24)17(23)9-14-6-7-15(19)16(20)8-14/h2-8,21H,9-11H2,1H3,(H,22,24). The number of carbonyl (C=O) groups is 2. The molecule has 2 aromatic rings. The Morgan fingerprint density at radius 1 is 1.04 bits per heavy atom. The van der Waals surface area contributed by atoms with Crippen molar-refractivity contribution in [3.8, 4) is 0 Å². The van der Waals surface area contributed by atoms with E-state index in [9.17, 15) is 22.4 Å². The van der Waals surface area contributed by atoms with Gasteiger partial charge in [0.2, 0.25) is 15.8 Å². The van der Waals surface area contributed by atoms with E-state index in [2.05, 4.69) is 10.0 Å². The van der Waals surface area contributed by atoms with Gasteiger partial charge in [-0.15, -0.1) is 0 Å². The van der Waals surface area contributed by atoms with Crippen LogP contribution in [0.2, 0.25) is 5.02 Å². The third-order valence-electron chi connectivity index (χ3n) is 3.75. The zero-order valence-corrected chi connectivity index (χ0v) is 16.0. The zero-order valence-electron chi connectivity index (χ0n) is 14.5. The van der Waals surface area contributed by atoms with Crippen molar-refractivity contribution in [2.24, 2.45) is 0 Å². The molecule has 0 atom stereocenters. The molecule has 2 N–H and O–H groups in total. The second-order valence-corrected chi connectivity index (χ2v) is 8.14. The summed E-state index contributed by atoms with van der Waals surface area (Å²) < 4.78 is 38.6. The molecular weight excluding hydrogens is 395 g/mol. The predicted octanol–water partition coefficient (Wildman–Crippen LogP) is 1.96. The molecule has 2 rings (SSSR count). The second-order valence-electron chi connectivity index (χ2n) is 5.81. The Hall–Kier alpha value is -2.29. The van der Waals surface area contributed by atoms with Crippen LogP contribution in [0.15, 0.2) is 42.5 Å². The molecule has 0 aliphatic rings. The number of rotatable bonds is 8. The van der Waals surface area contributed by atoms with Crippen molar-refractivity contribution in [3.05, 3.63) is 70.0 Å². The zero-order chi connectivity index (χ0) is 20.0. The van der Waals surface area contributed by atoms with E-state index < -0.39 is 27.5 Å². The summed E-state index contributed by atoms with van der Waals surface area (Å²) in [5, 5.41) is 2.43. The minimum atomic E-state index is -3.36. The van der Waals surface area contributed by atoms with E-state index in [4.69, 9.17) is 11.6 Å². The Morgan fingerprint density at radius 3 is 2.22 bits per heavy atom. The summed E-state index contributed by atoms with van der Waals surface area (Å²) in [5.41, 5.74) is 1.66. The van der Waals surface area contributed by atoms with E-state index in [1.165, 1.54) is 19.2 Å². The minimum absolute atomic E-state index is 0.0541. The molecule has 0 saturated carbocycles. The molecule has 0 fully saturated rings. The van der Waals surface area contributed by atoms with Gasteiger partial charge in [-0.1, -0.05) is 41.9 Å². The third-order valence-corrected chi connectivity index (χ3v) is 5.39. The first-order valence-electron chi connectivity index (χ1n) is 7.94. The van der Waals surface area contributed by atoms with Crippen LogP contribution in [0, 0.1) is 5.82 Å². The van der Waals surface area contributed by atoms with E-state index in [0.29, 0.717) is 16.7 Å². The van der Waals surface area contributed by atoms with E-state index in [-0.39, 0.29) is 23.7 Å². The molecule has 9 heteroatoms. The van der Waals surface area contributed by atoms with Crippen LogP contribution in [0.3, 0.4) is 0 Å². The summed E-state index contributed by atoms with van der Waals surface area (Å²) >= 11 is 5.58. The Balaban J connectivity index is 1.89. The fourth-order valence-corrected chi connectivity index (χ4v) is 3.13. The van der Waals surface area contributed by atoms with Crippen molar-refractivity contribution in [3.63, 3.8) is 0 Å². The van der Waals surface area contributed by atoms with Crippen LogP contribution < -0.4 is 10.0 Å².